The monoisotopic (exact) mass is 532 g/mol. The Morgan fingerprint density at radius 3 is 2.46 bits per heavy atom. The van der Waals surface area contributed by atoms with Gasteiger partial charge in [0.15, 0.2) is 0 Å². The second kappa shape index (κ2) is 13.5. The summed E-state index contributed by atoms with van der Waals surface area (Å²) < 4.78 is 4.64. The Morgan fingerprint density at radius 1 is 1.14 bits per heavy atom. The molecule has 1 saturated heterocycles. The van der Waals surface area contributed by atoms with Gasteiger partial charge in [0, 0.05) is 29.6 Å². The molecule has 0 bridgehead atoms. The highest BCUT2D eigenvalue weighted by Crippen LogP contribution is 2.34. The molecule has 0 spiro atoms. The van der Waals surface area contributed by atoms with Crippen LogP contribution in [0, 0.1) is 5.92 Å². The highest BCUT2D eigenvalue weighted by molar-refractivity contribution is 7.99. The molecule has 0 aromatic heterocycles. The molecule has 1 aliphatic heterocycles. The molecular formula is C28H44N4O4S. The highest BCUT2D eigenvalue weighted by atomic mass is 32.2. The smallest absolute Gasteiger partial charge is 0.408 e. The van der Waals surface area contributed by atoms with E-state index in [-0.39, 0.29) is 30.5 Å². The summed E-state index contributed by atoms with van der Waals surface area (Å²) in [6.45, 7) is 8.31. The number of nitrogens with zero attached hydrogens (tertiary/aromatic N) is 1. The maximum Gasteiger partial charge on any atom is 0.408 e. The van der Waals surface area contributed by atoms with Gasteiger partial charge in [-0.05, 0) is 58.4 Å². The van der Waals surface area contributed by atoms with E-state index >= 15 is 0 Å². The predicted molar refractivity (Wildman–Crippen MR) is 148 cm³/mol. The van der Waals surface area contributed by atoms with E-state index in [2.05, 4.69) is 10.6 Å². The first-order chi connectivity index (χ1) is 17.6. The van der Waals surface area contributed by atoms with Crippen LogP contribution in [0.4, 0.5) is 4.79 Å². The fraction of sp³-hybridized carbons (Fsp3) is 0.679. The van der Waals surface area contributed by atoms with Crippen molar-refractivity contribution < 1.29 is 19.1 Å². The topological polar surface area (TPSA) is 114 Å². The van der Waals surface area contributed by atoms with Crippen molar-refractivity contribution in [3.63, 3.8) is 0 Å². The molecule has 0 unspecified atom stereocenters. The lowest BCUT2D eigenvalue weighted by Gasteiger charge is -2.37. The van der Waals surface area contributed by atoms with Gasteiger partial charge >= 0.3 is 6.09 Å². The molecule has 1 aromatic carbocycles. The lowest BCUT2D eigenvalue weighted by Crippen LogP contribution is -2.60. The van der Waals surface area contributed by atoms with E-state index in [1.807, 2.05) is 44.2 Å². The zero-order valence-corrected chi connectivity index (χ0v) is 23.5. The lowest BCUT2D eigenvalue weighted by molar-refractivity contribution is -0.140. The average Bonchev–Trinajstić information content (AvgIpc) is 3.27. The minimum Gasteiger partial charge on any atom is -0.447 e. The number of carbonyl (C=O) groups is 3. The second-order valence-corrected chi connectivity index (χ2v) is 12.8. The summed E-state index contributed by atoms with van der Waals surface area (Å²) in [5.74, 6) is 0.691. The average molecular weight is 533 g/mol. The van der Waals surface area contributed by atoms with Crippen LogP contribution in [0.1, 0.15) is 71.8 Å². The number of benzene rings is 1. The first-order valence-electron chi connectivity index (χ1n) is 13.6. The largest absolute Gasteiger partial charge is 0.447 e. The van der Waals surface area contributed by atoms with E-state index in [0.29, 0.717) is 24.6 Å². The van der Waals surface area contributed by atoms with Gasteiger partial charge in [0.1, 0.15) is 12.1 Å². The fourth-order valence-electron chi connectivity index (χ4n) is 5.11. The number of rotatable bonds is 10. The molecule has 1 aromatic rings. The normalized spacial score (nSPS) is 21.5. The van der Waals surface area contributed by atoms with Gasteiger partial charge in [-0.15, -0.1) is 11.8 Å². The minimum atomic E-state index is -0.897. The van der Waals surface area contributed by atoms with E-state index in [1.165, 1.54) is 19.3 Å². The number of hydrogen-bond acceptors (Lipinski definition) is 6. The van der Waals surface area contributed by atoms with E-state index < -0.39 is 22.9 Å². The molecule has 0 radical (unpaired) electrons. The molecule has 1 heterocycles. The Morgan fingerprint density at radius 2 is 1.81 bits per heavy atom. The third kappa shape index (κ3) is 8.64. The maximum atomic E-state index is 14.0. The van der Waals surface area contributed by atoms with Crippen LogP contribution in [-0.4, -0.2) is 64.9 Å². The van der Waals surface area contributed by atoms with Gasteiger partial charge in [-0.1, -0.05) is 49.6 Å². The van der Waals surface area contributed by atoms with Crippen molar-refractivity contribution in [3.05, 3.63) is 35.9 Å². The summed E-state index contributed by atoms with van der Waals surface area (Å²) >= 11 is 1.58. The molecule has 1 saturated carbocycles. The van der Waals surface area contributed by atoms with Crippen LogP contribution >= 0.6 is 11.8 Å². The van der Waals surface area contributed by atoms with Crippen molar-refractivity contribution in [3.8, 4) is 0 Å². The van der Waals surface area contributed by atoms with E-state index in [4.69, 9.17) is 10.5 Å². The summed E-state index contributed by atoms with van der Waals surface area (Å²) in [4.78, 5) is 41.4. The fourth-order valence-corrected chi connectivity index (χ4v) is 6.16. The third-order valence-corrected chi connectivity index (χ3v) is 8.67. The molecule has 3 amide bonds. The summed E-state index contributed by atoms with van der Waals surface area (Å²) in [6, 6.07) is 8.15. The Labute approximate surface area is 225 Å². The van der Waals surface area contributed by atoms with Crippen molar-refractivity contribution in [1.82, 2.24) is 15.5 Å². The molecule has 3 atom stereocenters. The Balaban J connectivity index is 1.74. The zero-order chi connectivity index (χ0) is 27.0. The lowest BCUT2D eigenvalue weighted by atomic mass is 9.89. The number of carbonyl (C=O) groups excluding carboxylic acids is 3. The number of nitrogens with two attached hydrogens (primary N) is 1. The molecule has 8 nitrogen and oxygen atoms in total. The van der Waals surface area contributed by atoms with Crippen LogP contribution in [0.25, 0.3) is 0 Å². The van der Waals surface area contributed by atoms with Crippen LogP contribution in [0.2, 0.25) is 0 Å². The third-order valence-electron chi connectivity index (χ3n) is 7.21. The molecule has 206 valence electrons. The number of ether oxygens (including phenoxy) is 1. The molecule has 3 rings (SSSR count). The molecule has 2 fully saturated rings. The van der Waals surface area contributed by atoms with Gasteiger partial charge in [-0.2, -0.15) is 0 Å². The molecular weight excluding hydrogens is 488 g/mol. The quantitative estimate of drug-likeness (QED) is 0.422. The number of alkyl carbamates (subject to hydrolysis) is 1. The van der Waals surface area contributed by atoms with Gasteiger partial charge in [-0.3, -0.25) is 9.59 Å². The standard InChI is InChI=1S/C28H44N4O4S/c1-19(2)36-27(35)31-24(28(3,4)37-18-21-13-9-6-10-14-21)26(34)32-17-22(29)15-23(32)25(33)30-16-20-11-7-5-8-12-20/h6,9-10,13-14,19-20,22-24H,5,7-8,11-12,15-18,29H2,1-4H3,(H,30,33)(H,31,35)/t22-,23+,24+/m1/s1. The van der Waals surface area contributed by atoms with Crippen molar-refractivity contribution in [2.75, 3.05) is 13.1 Å². The SMILES string of the molecule is CC(C)OC(=O)N[C@@H](C(=O)N1C[C@H](N)C[C@H]1C(=O)NCC1CCCCC1)C(C)(C)SCc1ccccc1. The molecule has 2 aliphatic rings. The van der Waals surface area contributed by atoms with E-state index in [1.54, 1.807) is 30.5 Å². The number of amides is 3. The summed E-state index contributed by atoms with van der Waals surface area (Å²) in [6.07, 6.45) is 5.36. The molecule has 9 heteroatoms. The highest BCUT2D eigenvalue weighted by Gasteiger charge is 2.46. The van der Waals surface area contributed by atoms with E-state index in [9.17, 15) is 14.4 Å². The molecule has 4 N–H and O–H groups in total. The van der Waals surface area contributed by atoms with Crippen LogP contribution in [0.5, 0.6) is 0 Å². The summed E-state index contributed by atoms with van der Waals surface area (Å²) in [7, 11) is 0. The van der Waals surface area contributed by atoms with Crippen LogP contribution < -0.4 is 16.4 Å². The number of thioether (sulfide) groups is 1. The first-order valence-corrected chi connectivity index (χ1v) is 14.5. The van der Waals surface area contributed by atoms with Crippen molar-refractivity contribution in [2.24, 2.45) is 11.7 Å². The second-order valence-electron chi connectivity index (χ2n) is 11.2. The molecule has 37 heavy (non-hydrogen) atoms. The van der Waals surface area contributed by atoms with Gasteiger partial charge < -0.3 is 26.0 Å². The number of hydrogen-bond donors (Lipinski definition) is 3. The van der Waals surface area contributed by atoms with Gasteiger partial charge in [0.25, 0.3) is 0 Å². The summed E-state index contributed by atoms with van der Waals surface area (Å²) in [5, 5.41) is 5.90. The van der Waals surface area contributed by atoms with Crippen molar-refractivity contribution in [1.29, 1.82) is 0 Å². The maximum absolute atomic E-state index is 14.0. The Hall–Kier alpha value is -2.26. The number of likely N-dealkylation sites (tertiary alicyclic amines) is 1. The van der Waals surface area contributed by atoms with Crippen molar-refractivity contribution in [2.45, 2.75) is 101 Å². The van der Waals surface area contributed by atoms with Crippen molar-refractivity contribution >= 4 is 29.7 Å². The van der Waals surface area contributed by atoms with Gasteiger partial charge in [0.2, 0.25) is 11.8 Å². The van der Waals surface area contributed by atoms with Crippen LogP contribution in [0.3, 0.4) is 0 Å². The van der Waals surface area contributed by atoms with E-state index in [0.717, 1.165) is 18.4 Å². The Bertz CT molecular complexity index is 905. The first kappa shape index (κ1) is 29.3. The van der Waals surface area contributed by atoms with Gasteiger partial charge in [0.05, 0.1) is 6.10 Å². The van der Waals surface area contributed by atoms with Crippen LogP contribution in [0.15, 0.2) is 30.3 Å². The predicted octanol–water partition coefficient (Wildman–Crippen LogP) is 3.83. The van der Waals surface area contributed by atoms with Crippen LogP contribution in [-0.2, 0) is 20.1 Å². The Kier molecular flexibility index (Phi) is 10.7. The molecule has 1 aliphatic carbocycles. The summed E-state index contributed by atoms with van der Waals surface area (Å²) in [5.41, 5.74) is 7.37. The van der Waals surface area contributed by atoms with Gasteiger partial charge in [-0.25, -0.2) is 4.79 Å². The minimum absolute atomic E-state index is 0.162. The zero-order valence-electron chi connectivity index (χ0n) is 22.7. The number of nitrogens with one attached hydrogen (secondary N) is 2.